The van der Waals surface area contributed by atoms with Crippen LogP contribution in [0.5, 0.6) is 0 Å². The minimum absolute atomic E-state index is 0.264. The lowest BCUT2D eigenvalue weighted by Gasteiger charge is -2.43. The van der Waals surface area contributed by atoms with Crippen molar-refractivity contribution in [1.82, 2.24) is 0 Å². The van der Waals surface area contributed by atoms with E-state index in [1.165, 1.54) is 0 Å². The van der Waals surface area contributed by atoms with Gasteiger partial charge in [-0.1, -0.05) is 22.0 Å². The molecule has 0 saturated heterocycles. The molecule has 0 amide bonds. The van der Waals surface area contributed by atoms with Gasteiger partial charge in [0.1, 0.15) is 6.10 Å². The fourth-order valence-corrected chi connectivity index (χ4v) is 3.55. The maximum absolute atomic E-state index is 10.9. The van der Waals surface area contributed by atoms with Crippen LogP contribution >= 0.6 is 15.9 Å². The van der Waals surface area contributed by atoms with E-state index >= 15 is 0 Å². The molecule has 0 radical (unpaired) electrons. The molecule has 0 aromatic carbocycles. The lowest BCUT2D eigenvalue weighted by molar-refractivity contribution is 0.0802. The molecule has 13 heavy (non-hydrogen) atoms. The number of allylic oxidation sites excluding steroid dienone is 1. The van der Waals surface area contributed by atoms with Crippen LogP contribution in [-0.4, -0.2) is 20.8 Å². The third kappa shape index (κ3) is 1.97. The summed E-state index contributed by atoms with van der Waals surface area (Å²) in [7, 11) is -3.34. The molecule has 5 heteroatoms. The summed E-state index contributed by atoms with van der Waals surface area (Å²) >= 11 is 3.35. The van der Waals surface area contributed by atoms with E-state index < -0.39 is 10.1 Å². The van der Waals surface area contributed by atoms with Gasteiger partial charge in [-0.05, 0) is 24.7 Å². The molecule has 3 rings (SSSR count). The van der Waals surface area contributed by atoms with E-state index in [-0.39, 0.29) is 6.10 Å². The molecule has 0 aromatic rings. The number of hydrogen-bond donors (Lipinski definition) is 0. The van der Waals surface area contributed by atoms with Crippen molar-refractivity contribution in [2.24, 2.45) is 11.8 Å². The molecular formula is C8H11BrO3S. The van der Waals surface area contributed by atoms with Crippen molar-refractivity contribution in [3.63, 3.8) is 0 Å². The normalized spacial score (nSPS) is 38.0. The van der Waals surface area contributed by atoms with Gasteiger partial charge in [-0.3, -0.25) is 4.18 Å². The Balaban J connectivity index is 2.15. The highest BCUT2D eigenvalue weighted by Gasteiger charge is 2.42. The van der Waals surface area contributed by atoms with Crippen molar-refractivity contribution in [2.45, 2.75) is 18.9 Å². The number of halogens is 1. The van der Waals surface area contributed by atoms with Gasteiger partial charge >= 0.3 is 0 Å². The Labute approximate surface area is 86.4 Å². The summed E-state index contributed by atoms with van der Waals surface area (Å²) < 4.78 is 27.8. The molecular weight excluding hydrogens is 256 g/mol. The summed E-state index contributed by atoms with van der Waals surface area (Å²) in [6.07, 6.45) is 5.03. The van der Waals surface area contributed by atoms with Crippen LogP contribution in [-0.2, 0) is 14.3 Å². The molecule has 0 N–H and O–H groups in total. The molecule has 1 fully saturated rings. The molecule has 74 valence electrons. The topological polar surface area (TPSA) is 43.4 Å². The SMILES string of the molecule is CS(=O)(=O)OC1C(Br)=CC2CC1C2. The molecule has 3 nitrogen and oxygen atoms in total. The second-order valence-corrected chi connectivity index (χ2v) is 6.28. The summed E-state index contributed by atoms with van der Waals surface area (Å²) in [6.45, 7) is 0. The monoisotopic (exact) mass is 266 g/mol. The standard InChI is InChI=1S/C8H11BrO3S/c1-13(10,11)12-8-6-2-5(3-6)4-7(8)9/h4-6,8H,2-3H2,1H3. The van der Waals surface area contributed by atoms with Crippen LogP contribution in [0, 0.1) is 11.8 Å². The van der Waals surface area contributed by atoms with Crippen LogP contribution in [0.25, 0.3) is 0 Å². The summed E-state index contributed by atoms with van der Waals surface area (Å²) in [6, 6.07) is 0. The molecule has 0 spiro atoms. The van der Waals surface area contributed by atoms with Gasteiger partial charge in [-0.15, -0.1) is 0 Å². The van der Waals surface area contributed by atoms with Gasteiger partial charge in [0.15, 0.2) is 0 Å². The fraction of sp³-hybridized carbons (Fsp3) is 0.750. The highest BCUT2D eigenvalue weighted by Crippen LogP contribution is 2.47. The van der Waals surface area contributed by atoms with Crippen LogP contribution < -0.4 is 0 Å². The minimum atomic E-state index is -3.34. The predicted molar refractivity (Wildman–Crippen MR) is 52.9 cm³/mol. The smallest absolute Gasteiger partial charge is 0.261 e. The van der Waals surface area contributed by atoms with Crippen molar-refractivity contribution in [3.8, 4) is 0 Å². The van der Waals surface area contributed by atoms with E-state index in [0.29, 0.717) is 11.8 Å². The molecule has 0 aromatic heterocycles. The lowest BCUT2D eigenvalue weighted by atomic mass is 9.68. The molecule has 1 unspecified atom stereocenters. The van der Waals surface area contributed by atoms with Gasteiger partial charge in [0.05, 0.1) is 6.26 Å². The zero-order chi connectivity index (χ0) is 9.64. The predicted octanol–water partition coefficient (Wildman–Crippen LogP) is 1.65. The molecule has 1 atom stereocenters. The van der Waals surface area contributed by atoms with E-state index in [2.05, 4.69) is 22.0 Å². The molecule has 3 aliphatic carbocycles. The summed E-state index contributed by atoms with van der Waals surface area (Å²) in [4.78, 5) is 0. The fourth-order valence-electron chi connectivity index (χ4n) is 1.95. The quantitative estimate of drug-likeness (QED) is 0.714. The summed E-state index contributed by atoms with van der Waals surface area (Å²) in [5.41, 5.74) is 0. The lowest BCUT2D eigenvalue weighted by Crippen LogP contribution is -2.40. The van der Waals surface area contributed by atoms with Crippen molar-refractivity contribution in [3.05, 3.63) is 10.6 Å². The Kier molecular flexibility index (Phi) is 2.28. The van der Waals surface area contributed by atoms with Gasteiger partial charge in [-0.2, -0.15) is 8.42 Å². The van der Waals surface area contributed by atoms with Crippen LogP contribution in [0.3, 0.4) is 0 Å². The van der Waals surface area contributed by atoms with Crippen molar-refractivity contribution >= 4 is 26.0 Å². The average Bonchev–Trinajstić information content (AvgIpc) is 1.87. The van der Waals surface area contributed by atoms with Crippen molar-refractivity contribution in [2.75, 3.05) is 6.26 Å². The van der Waals surface area contributed by atoms with E-state index in [1.54, 1.807) is 0 Å². The zero-order valence-corrected chi connectivity index (χ0v) is 9.64. The molecule has 0 aliphatic heterocycles. The van der Waals surface area contributed by atoms with Gasteiger partial charge in [-0.25, -0.2) is 0 Å². The van der Waals surface area contributed by atoms with E-state index in [0.717, 1.165) is 23.6 Å². The van der Waals surface area contributed by atoms with Crippen molar-refractivity contribution in [1.29, 1.82) is 0 Å². The largest absolute Gasteiger partial charge is 0.265 e. The highest BCUT2D eigenvalue weighted by atomic mass is 79.9. The average molecular weight is 267 g/mol. The molecule has 2 bridgehead atoms. The Morgan fingerprint density at radius 3 is 2.62 bits per heavy atom. The minimum Gasteiger partial charge on any atom is -0.261 e. The first-order valence-electron chi connectivity index (χ1n) is 4.21. The number of fused-ring (bicyclic) bond motifs is 1. The Morgan fingerprint density at radius 1 is 1.54 bits per heavy atom. The van der Waals surface area contributed by atoms with E-state index in [9.17, 15) is 8.42 Å². The van der Waals surface area contributed by atoms with Crippen molar-refractivity contribution < 1.29 is 12.6 Å². The third-order valence-electron chi connectivity index (χ3n) is 2.58. The molecule has 1 saturated carbocycles. The van der Waals surface area contributed by atoms with Gasteiger partial charge in [0, 0.05) is 4.48 Å². The van der Waals surface area contributed by atoms with Crippen LogP contribution in [0.2, 0.25) is 0 Å². The van der Waals surface area contributed by atoms with Crippen LogP contribution in [0.4, 0.5) is 0 Å². The van der Waals surface area contributed by atoms with E-state index in [4.69, 9.17) is 4.18 Å². The Morgan fingerprint density at radius 2 is 2.15 bits per heavy atom. The molecule has 0 heterocycles. The van der Waals surface area contributed by atoms with Gasteiger partial charge in [0.25, 0.3) is 10.1 Å². The maximum atomic E-state index is 10.9. The summed E-state index contributed by atoms with van der Waals surface area (Å²) in [5, 5.41) is 0. The zero-order valence-electron chi connectivity index (χ0n) is 7.23. The number of hydrogen-bond acceptors (Lipinski definition) is 3. The van der Waals surface area contributed by atoms with Crippen LogP contribution in [0.1, 0.15) is 12.8 Å². The highest BCUT2D eigenvalue weighted by molar-refractivity contribution is 9.11. The first-order valence-corrected chi connectivity index (χ1v) is 6.82. The second-order valence-electron chi connectivity index (χ2n) is 3.76. The Bertz CT molecular complexity index is 340. The number of rotatable bonds is 2. The first kappa shape index (κ1) is 9.68. The second kappa shape index (κ2) is 3.07. The summed E-state index contributed by atoms with van der Waals surface area (Å²) in [5.74, 6) is 1.03. The van der Waals surface area contributed by atoms with Gasteiger partial charge in [0.2, 0.25) is 0 Å². The first-order chi connectivity index (χ1) is 5.96. The molecule has 3 aliphatic rings. The van der Waals surface area contributed by atoms with E-state index in [1.807, 2.05) is 0 Å². The Hall–Kier alpha value is 0.130. The maximum Gasteiger partial charge on any atom is 0.265 e. The van der Waals surface area contributed by atoms with Gasteiger partial charge < -0.3 is 0 Å². The third-order valence-corrected chi connectivity index (χ3v) is 3.86. The van der Waals surface area contributed by atoms with Crippen LogP contribution in [0.15, 0.2) is 10.6 Å².